The van der Waals surface area contributed by atoms with E-state index in [4.69, 9.17) is 4.74 Å². The molecule has 2 unspecified atom stereocenters. The van der Waals surface area contributed by atoms with Gasteiger partial charge in [0.05, 0.1) is 0 Å². The summed E-state index contributed by atoms with van der Waals surface area (Å²) in [5, 5.41) is 3.16. The molecular formula is C12H13NO2. The lowest BCUT2D eigenvalue weighted by atomic mass is 10.0. The molecule has 0 radical (unpaired) electrons. The van der Waals surface area contributed by atoms with E-state index < -0.39 is 5.97 Å². The Morgan fingerprint density at radius 2 is 2.27 bits per heavy atom. The Morgan fingerprint density at radius 1 is 1.53 bits per heavy atom. The van der Waals surface area contributed by atoms with Crippen LogP contribution in [-0.2, 0) is 9.53 Å². The van der Waals surface area contributed by atoms with Crippen molar-refractivity contribution in [1.29, 1.82) is 0 Å². The Balaban J connectivity index is 2.16. The van der Waals surface area contributed by atoms with Gasteiger partial charge in [-0.15, -0.1) is 0 Å². The summed E-state index contributed by atoms with van der Waals surface area (Å²) < 4.78 is 5.19. The van der Waals surface area contributed by atoms with Crippen LogP contribution in [0.3, 0.4) is 0 Å². The fourth-order valence-electron chi connectivity index (χ4n) is 1.77. The normalized spacial score (nSPS) is 22.7. The average molecular weight is 203 g/mol. The molecule has 1 heterocycles. The lowest BCUT2D eigenvalue weighted by molar-refractivity contribution is -0.142. The van der Waals surface area contributed by atoms with Crippen molar-refractivity contribution in [3.63, 3.8) is 0 Å². The Bertz CT molecular complexity index is 400. The summed E-state index contributed by atoms with van der Waals surface area (Å²) in [5.41, 5.74) is 2.21. The van der Waals surface area contributed by atoms with Crippen LogP contribution in [0.1, 0.15) is 18.4 Å². The SMILES string of the molecule is C=CC(=O)OC1Nc2ccccc2C1C. The van der Waals surface area contributed by atoms with Crippen molar-refractivity contribution in [2.75, 3.05) is 5.32 Å². The zero-order valence-corrected chi connectivity index (χ0v) is 8.57. The number of hydrogen-bond acceptors (Lipinski definition) is 3. The Hall–Kier alpha value is -1.77. The number of carbonyl (C=O) groups is 1. The van der Waals surface area contributed by atoms with Crippen LogP contribution in [0.15, 0.2) is 36.9 Å². The molecule has 2 rings (SSSR count). The molecule has 0 amide bonds. The van der Waals surface area contributed by atoms with E-state index in [2.05, 4.69) is 11.9 Å². The third kappa shape index (κ3) is 1.73. The minimum atomic E-state index is -0.396. The minimum absolute atomic E-state index is 0.171. The molecule has 1 aromatic rings. The second kappa shape index (κ2) is 3.77. The fourth-order valence-corrected chi connectivity index (χ4v) is 1.77. The predicted octanol–water partition coefficient (Wildman–Crippen LogP) is 2.27. The number of carbonyl (C=O) groups excluding carboxylic acids is 1. The molecule has 1 aliphatic rings. The van der Waals surface area contributed by atoms with Crippen molar-refractivity contribution in [3.05, 3.63) is 42.5 Å². The summed E-state index contributed by atoms with van der Waals surface area (Å²) in [6.07, 6.45) is 0.894. The smallest absolute Gasteiger partial charge is 0.332 e. The number of nitrogens with one attached hydrogen (secondary N) is 1. The van der Waals surface area contributed by atoms with Crippen molar-refractivity contribution in [3.8, 4) is 0 Å². The molecule has 1 aromatic carbocycles. The average Bonchev–Trinajstić information content (AvgIpc) is 2.57. The molecule has 0 saturated heterocycles. The van der Waals surface area contributed by atoms with Crippen LogP contribution in [0.25, 0.3) is 0 Å². The fraction of sp³-hybridized carbons (Fsp3) is 0.250. The topological polar surface area (TPSA) is 38.3 Å². The second-order valence-corrected chi connectivity index (χ2v) is 3.58. The summed E-state index contributed by atoms with van der Waals surface area (Å²) >= 11 is 0. The van der Waals surface area contributed by atoms with E-state index in [1.165, 1.54) is 11.6 Å². The van der Waals surface area contributed by atoms with E-state index in [0.29, 0.717) is 0 Å². The van der Waals surface area contributed by atoms with E-state index in [1.54, 1.807) is 0 Å². The molecule has 0 fully saturated rings. The third-order valence-electron chi connectivity index (χ3n) is 2.61. The van der Waals surface area contributed by atoms with E-state index in [1.807, 2.05) is 31.2 Å². The van der Waals surface area contributed by atoms with Gasteiger partial charge in [-0.2, -0.15) is 0 Å². The van der Waals surface area contributed by atoms with E-state index >= 15 is 0 Å². The molecule has 3 heteroatoms. The molecule has 2 atom stereocenters. The third-order valence-corrected chi connectivity index (χ3v) is 2.61. The standard InChI is InChI=1S/C12H13NO2/c1-3-11(14)15-12-8(2)9-6-4-5-7-10(9)13-12/h3-8,12-13H,1H2,2H3. The summed E-state index contributed by atoms with van der Waals surface area (Å²) in [6.45, 7) is 5.40. The zero-order valence-electron chi connectivity index (χ0n) is 8.57. The van der Waals surface area contributed by atoms with Crippen LogP contribution in [0, 0.1) is 0 Å². The van der Waals surface area contributed by atoms with Crippen molar-refractivity contribution in [2.24, 2.45) is 0 Å². The highest BCUT2D eigenvalue weighted by Crippen LogP contribution is 2.35. The van der Waals surface area contributed by atoms with Crippen LogP contribution in [-0.4, -0.2) is 12.2 Å². The first-order valence-electron chi connectivity index (χ1n) is 4.91. The van der Waals surface area contributed by atoms with Crippen molar-refractivity contribution >= 4 is 11.7 Å². The maximum absolute atomic E-state index is 11.1. The van der Waals surface area contributed by atoms with Gasteiger partial charge in [0.25, 0.3) is 0 Å². The molecule has 0 aliphatic carbocycles. The zero-order chi connectivity index (χ0) is 10.8. The first kappa shape index (κ1) is 9.77. The van der Waals surface area contributed by atoms with Crippen LogP contribution in [0.5, 0.6) is 0 Å². The molecule has 0 bridgehead atoms. The van der Waals surface area contributed by atoms with Crippen LogP contribution in [0.4, 0.5) is 5.69 Å². The highest BCUT2D eigenvalue weighted by atomic mass is 16.6. The van der Waals surface area contributed by atoms with Gasteiger partial charge in [-0.1, -0.05) is 31.7 Å². The Kier molecular flexibility index (Phi) is 2.46. The highest BCUT2D eigenvalue weighted by Gasteiger charge is 2.30. The van der Waals surface area contributed by atoms with Gasteiger partial charge < -0.3 is 10.1 Å². The van der Waals surface area contributed by atoms with Crippen molar-refractivity contribution in [1.82, 2.24) is 0 Å². The summed E-state index contributed by atoms with van der Waals surface area (Å²) in [6, 6.07) is 7.95. The minimum Gasteiger partial charge on any atom is -0.438 e. The number of para-hydroxylation sites is 1. The van der Waals surface area contributed by atoms with Gasteiger partial charge in [-0.25, -0.2) is 4.79 Å². The number of esters is 1. The van der Waals surface area contributed by atoms with Gasteiger partial charge in [-0.3, -0.25) is 0 Å². The monoisotopic (exact) mass is 203 g/mol. The van der Waals surface area contributed by atoms with Crippen LogP contribution in [0.2, 0.25) is 0 Å². The second-order valence-electron chi connectivity index (χ2n) is 3.58. The lowest BCUT2D eigenvalue weighted by Gasteiger charge is -2.15. The van der Waals surface area contributed by atoms with E-state index in [-0.39, 0.29) is 12.1 Å². The quantitative estimate of drug-likeness (QED) is 0.592. The molecule has 0 spiro atoms. The van der Waals surface area contributed by atoms with E-state index in [0.717, 1.165) is 5.69 Å². The van der Waals surface area contributed by atoms with Crippen LogP contribution >= 0.6 is 0 Å². The number of anilines is 1. The van der Waals surface area contributed by atoms with Gasteiger partial charge in [-0.05, 0) is 11.6 Å². The van der Waals surface area contributed by atoms with Gasteiger partial charge >= 0.3 is 5.97 Å². The van der Waals surface area contributed by atoms with Gasteiger partial charge in [0, 0.05) is 17.7 Å². The molecule has 1 aliphatic heterocycles. The molecule has 15 heavy (non-hydrogen) atoms. The van der Waals surface area contributed by atoms with Crippen molar-refractivity contribution in [2.45, 2.75) is 19.1 Å². The largest absolute Gasteiger partial charge is 0.438 e. The number of ether oxygens (including phenoxy) is 1. The maximum Gasteiger partial charge on any atom is 0.332 e. The summed E-state index contributed by atoms with van der Waals surface area (Å²) in [4.78, 5) is 11.1. The molecular weight excluding hydrogens is 190 g/mol. The Labute approximate surface area is 88.8 Å². The number of hydrogen-bond donors (Lipinski definition) is 1. The van der Waals surface area contributed by atoms with Gasteiger partial charge in [0.2, 0.25) is 0 Å². The molecule has 1 N–H and O–H groups in total. The molecule has 0 aromatic heterocycles. The summed E-state index contributed by atoms with van der Waals surface area (Å²) in [5.74, 6) is -0.225. The lowest BCUT2D eigenvalue weighted by Crippen LogP contribution is -2.25. The van der Waals surface area contributed by atoms with Gasteiger partial charge in [0.1, 0.15) is 0 Å². The Morgan fingerprint density at radius 3 is 2.93 bits per heavy atom. The number of rotatable bonds is 2. The van der Waals surface area contributed by atoms with E-state index in [9.17, 15) is 4.79 Å². The molecule has 0 saturated carbocycles. The first-order valence-corrected chi connectivity index (χ1v) is 4.91. The molecule has 78 valence electrons. The van der Waals surface area contributed by atoms with Crippen LogP contribution < -0.4 is 5.32 Å². The molecule has 3 nitrogen and oxygen atoms in total. The summed E-state index contributed by atoms with van der Waals surface area (Å²) in [7, 11) is 0. The number of fused-ring (bicyclic) bond motifs is 1. The number of benzene rings is 1. The first-order chi connectivity index (χ1) is 7.22. The highest BCUT2D eigenvalue weighted by molar-refractivity contribution is 5.81. The van der Waals surface area contributed by atoms with Crippen molar-refractivity contribution < 1.29 is 9.53 Å². The van der Waals surface area contributed by atoms with Gasteiger partial charge in [0.15, 0.2) is 6.23 Å². The maximum atomic E-state index is 11.1. The predicted molar refractivity (Wildman–Crippen MR) is 58.6 cm³/mol.